The molecule has 0 bridgehead atoms. The lowest BCUT2D eigenvalue weighted by Crippen LogP contribution is -2.20. The van der Waals surface area contributed by atoms with Crippen molar-refractivity contribution in [1.82, 2.24) is 0 Å². The van der Waals surface area contributed by atoms with Gasteiger partial charge in [0.05, 0.1) is 0 Å². The predicted molar refractivity (Wildman–Crippen MR) is 75.7 cm³/mol. The summed E-state index contributed by atoms with van der Waals surface area (Å²) in [5.74, 6) is 0.725. The summed E-state index contributed by atoms with van der Waals surface area (Å²) in [7, 11) is 0. The van der Waals surface area contributed by atoms with Gasteiger partial charge in [-0.05, 0) is 18.8 Å². The molecule has 0 N–H and O–H groups in total. The smallest absolute Gasteiger partial charge is 0.169 e. The number of allylic oxidation sites excluding steroid dienone is 1. The Kier molecular flexibility index (Phi) is 4.35. The van der Waals surface area contributed by atoms with Crippen LogP contribution in [-0.2, 0) is 0 Å². The number of hydrogen-bond donors (Lipinski definition) is 0. The van der Waals surface area contributed by atoms with Gasteiger partial charge in [-0.15, -0.1) is 0 Å². The van der Waals surface area contributed by atoms with Gasteiger partial charge in [0.1, 0.15) is 0 Å². The van der Waals surface area contributed by atoms with E-state index in [1.165, 1.54) is 32.1 Å². The van der Waals surface area contributed by atoms with Gasteiger partial charge < -0.3 is 0 Å². The molecule has 0 heterocycles. The minimum absolute atomic E-state index is 0.0458. The second-order valence-electron chi connectivity index (χ2n) is 5.36. The normalized spacial score (nSPS) is 18.3. The van der Waals surface area contributed by atoms with Gasteiger partial charge in [-0.3, -0.25) is 4.79 Å². The summed E-state index contributed by atoms with van der Waals surface area (Å²) in [5, 5.41) is 0. The van der Waals surface area contributed by atoms with Gasteiger partial charge in [0.2, 0.25) is 0 Å². The molecule has 0 spiro atoms. The molecule has 1 aromatic carbocycles. The molecule has 1 aliphatic rings. The van der Waals surface area contributed by atoms with Gasteiger partial charge in [0.25, 0.3) is 0 Å². The van der Waals surface area contributed by atoms with Crippen LogP contribution >= 0.6 is 0 Å². The first-order valence-electron chi connectivity index (χ1n) is 6.98. The Hall–Kier alpha value is -1.37. The monoisotopic (exact) mass is 242 g/mol. The van der Waals surface area contributed by atoms with E-state index in [-0.39, 0.29) is 11.7 Å². The molecule has 1 unspecified atom stereocenters. The van der Waals surface area contributed by atoms with Crippen LogP contribution < -0.4 is 0 Å². The van der Waals surface area contributed by atoms with E-state index in [0.29, 0.717) is 5.92 Å². The lowest BCUT2D eigenvalue weighted by atomic mass is 9.78. The second-order valence-corrected chi connectivity index (χ2v) is 5.36. The molecule has 1 heteroatoms. The number of benzene rings is 1. The number of Topliss-reactive ketones (excluding diaryl/α,β-unsaturated/α-hetero) is 1. The zero-order valence-electron chi connectivity index (χ0n) is 11.2. The molecular formula is C17H22O. The topological polar surface area (TPSA) is 17.1 Å². The van der Waals surface area contributed by atoms with Crippen molar-refractivity contribution < 1.29 is 4.79 Å². The number of rotatable bonds is 4. The van der Waals surface area contributed by atoms with Gasteiger partial charge in [-0.25, -0.2) is 0 Å². The summed E-state index contributed by atoms with van der Waals surface area (Å²) in [5.41, 5.74) is 1.95. The molecular weight excluding hydrogens is 220 g/mol. The van der Waals surface area contributed by atoms with Gasteiger partial charge >= 0.3 is 0 Å². The zero-order valence-corrected chi connectivity index (χ0v) is 11.2. The molecule has 0 aromatic heterocycles. The van der Waals surface area contributed by atoms with Crippen molar-refractivity contribution in [3.05, 3.63) is 48.0 Å². The minimum atomic E-state index is -0.0458. The maximum absolute atomic E-state index is 12.4. The Morgan fingerprint density at radius 3 is 2.39 bits per heavy atom. The molecule has 0 aliphatic heterocycles. The van der Waals surface area contributed by atoms with Gasteiger partial charge in [0.15, 0.2) is 5.78 Å². The highest BCUT2D eigenvalue weighted by Crippen LogP contribution is 2.33. The van der Waals surface area contributed by atoms with E-state index in [4.69, 9.17) is 0 Å². The Morgan fingerprint density at radius 2 is 1.78 bits per heavy atom. The predicted octanol–water partition coefficient (Wildman–Crippen LogP) is 4.64. The van der Waals surface area contributed by atoms with Crippen LogP contribution in [0.4, 0.5) is 0 Å². The lowest BCUT2D eigenvalue weighted by molar-refractivity contribution is 0.0940. The minimum Gasteiger partial charge on any atom is -0.294 e. The molecule has 18 heavy (non-hydrogen) atoms. The average molecular weight is 242 g/mol. The number of hydrogen-bond acceptors (Lipinski definition) is 1. The standard InChI is InChI=1S/C17H22O/c1-13(15-9-5-3-6-10-15)14(2)17(18)16-11-7-4-8-12-16/h4,7-8,11-12,14-15H,1,3,5-6,9-10H2,2H3. The van der Waals surface area contributed by atoms with Gasteiger partial charge in [-0.1, -0.05) is 68.7 Å². The maximum atomic E-state index is 12.4. The average Bonchev–Trinajstić information content (AvgIpc) is 2.47. The van der Waals surface area contributed by atoms with E-state index >= 15 is 0 Å². The van der Waals surface area contributed by atoms with Crippen molar-refractivity contribution in [1.29, 1.82) is 0 Å². The first kappa shape index (κ1) is 13.1. The van der Waals surface area contributed by atoms with Crippen LogP contribution in [-0.4, -0.2) is 5.78 Å². The molecule has 1 nitrogen and oxygen atoms in total. The van der Waals surface area contributed by atoms with Gasteiger partial charge in [0, 0.05) is 11.5 Å². The van der Waals surface area contributed by atoms with Crippen LogP contribution in [0.1, 0.15) is 49.4 Å². The number of carbonyl (C=O) groups is 1. The summed E-state index contributed by atoms with van der Waals surface area (Å²) >= 11 is 0. The van der Waals surface area contributed by atoms with Crippen molar-refractivity contribution in [2.75, 3.05) is 0 Å². The van der Waals surface area contributed by atoms with E-state index in [9.17, 15) is 4.79 Å². The molecule has 0 radical (unpaired) electrons. The molecule has 0 amide bonds. The van der Waals surface area contributed by atoms with E-state index in [0.717, 1.165) is 11.1 Å². The molecule has 1 aromatic rings. The fraction of sp³-hybridized carbons (Fsp3) is 0.471. The quantitative estimate of drug-likeness (QED) is 0.555. The molecule has 1 aliphatic carbocycles. The zero-order chi connectivity index (χ0) is 13.0. The number of ketones is 1. The Morgan fingerprint density at radius 1 is 1.17 bits per heavy atom. The van der Waals surface area contributed by atoms with Crippen LogP contribution in [0.15, 0.2) is 42.5 Å². The Labute approximate surface area is 110 Å². The highest BCUT2D eigenvalue weighted by atomic mass is 16.1. The molecule has 0 saturated heterocycles. The van der Waals surface area contributed by atoms with Crippen molar-refractivity contribution >= 4 is 5.78 Å². The first-order valence-corrected chi connectivity index (χ1v) is 6.98. The van der Waals surface area contributed by atoms with E-state index in [1.807, 2.05) is 37.3 Å². The summed E-state index contributed by atoms with van der Waals surface area (Å²) < 4.78 is 0. The van der Waals surface area contributed by atoms with Crippen molar-refractivity contribution in [3.63, 3.8) is 0 Å². The number of carbonyl (C=O) groups excluding carboxylic acids is 1. The third-order valence-corrected chi connectivity index (χ3v) is 4.14. The third kappa shape index (κ3) is 2.90. The van der Waals surface area contributed by atoms with E-state index in [2.05, 4.69) is 6.58 Å². The Bertz CT molecular complexity index is 412. The van der Waals surface area contributed by atoms with Crippen molar-refractivity contribution in [3.8, 4) is 0 Å². The van der Waals surface area contributed by atoms with Crippen LogP contribution in [0.2, 0.25) is 0 Å². The summed E-state index contributed by atoms with van der Waals surface area (Å²) in [6, 6.07) is 9.57. The lowest BCUT2D eigenvalue weighted by Gasteiger charge is -2.27. The molecule has 1 atom stereocenters. The van der Waals surface area contributed by atoms with Crippen LogP contribution in [0.5, 0.6) is 0 Å². The summed E-state index contributed by atoms with van der Waals surface area (Å²) in [6.07, 6.45) is 6.34. The SMILES string of the molecule is C=C(C1CCCCC1)C(C)C(=O)c1ccccc1. The van der Waals surface area contributed by atoms with Crippen LogP contribution in [0, 0.1) is 11.8 Å². The van der Waals surface area contributed by atoms with Crippen molar-refractivity contribution in [2.45, 2.75) is 39.0 Å². The fourth-order valence-corrected chi connectivity index (χ4v) is 2.85. The maximum Gasteiger partial charge on any atom is 0.169 e. The highest BCUT2D eigenvalue weighted by molar-refractivity contribution is 5.99. The second kappa shape index (κ2) is 5.99. The molecule has 2 rings (SSSR count). The molecule has 96 valence electrons. The van der Waals surface area contributed by atoms with Crippen LogP contribution in [0.25, 0.3) is 0 Å². The third-order valence-electron chi connectivity index (χ3n) is 4.14. The Balaban J connectivity index is 2.04. The van der Waals surface area contributed by atoms with Crippen molar-refractivity contribution in [2.24, 2.45) is 11.8 Å². The van der Waals surface area contributed by atoms with Crippen LogP contribution in [0.3, 0.4) is 0 Å². The first-order chi connectivity index (χ1) is 8.70. The highest BCUT2D eigenvalue weighted by Gasteiger charge is 2.25. The largest absolute Gasteiger partial charge is 0.294 e. The van der Waals surface area contributed by atoms with E-state index < -0.39 is 0 Å². The molecule has 1 fully saturated rings. The summed E-state index contributed by atoms with van der Waals surface area (Å²) in [6.45, 7) is 6.21. The fourth-order valence-electron chi connectivity index (χ4n) is 2.85. The molecule has 1 saturated carbocycles. The summed E-state index contributed by atoms with van der Waals surface area (Å²) in [4.78, 5) is 12.4. The van der Waals surface area contributed by atoms with Gasteiger partial charge in [-0.2, -0.15) is 0 Å². The van der Waals surface area contributed by atoms with E-state index in [1.54, 1.807) is 0 Å².